The summed E-state index contributed by atoms with van der Waals surface area (Å²) in [5, 5.41) is 10.5. The van der Waals surface area contributed by atoms with E-state index in [-0.39, 0.29) is 18.2 Å². The van der Waals surface area contributed by atoms with E-state index in [0.717, 1.165) is 12.8 Å². The summed E-state index contributed by atoms with van der Waals surface area (Å²) in [6.07, 6.45) is 5.53. The van der Waals surface area contributed by atoms with E-state index < -0.39 is 10.0 Å². The fourth-order valence-corrected chi connectivity index (χ4v) is 5.80. The Hall–Kier alpha value is -1.44. The first kappa shape index (κ1) is 13.2. The fraction of sp³-hybridized carbons (Fsp3) is 0.500. The molecule has 21 heavy (non-hydrogen) atoms. The first-order valence-electron chi connectivity index (χ1n) is 7.21. The molecule has 2 aromatic heterocycles. The molecule has 4 heterocycles. The third kappa shape index (κ3) is 1.91. The number of aromatic nitrogens is 2. The lowest BCUT2D eigenvalue weighted by molar-refractivity contribution is 0.0769. The number of aromatic amines is 1. The van der Waals surface area contributed by atoms with E-state index in [4.69, 9.17) is 0 Å². The van der Waals surface area contributed by atoms with E-state index in [9.17, 15) is 13.5 Å². The Balaban J connectivity index is 1.81. The SMILES string of the molecule is O=S(=O)(c1c[nH]c2ncccc12)N1C2CCC1CC(O)C2. The maximum absolute atomic E-state index is 13.0. The molecule has 2 bridgehead atoms. The molecular formula is C14H17N3O3S. The van der Waals surface area contributed by atoms with Gasteiger partial charge in [-0.1, -0.05) is 0 Å². The Labute approximate surface area is 122 Å². The first-order chi connectivity index (χ1) is 10.1. The predicted molar refractivity (Wildman–Crippen MR) is 77.2 cm³/mol. The van der Waals surface area contributed by atoms with Crippen LogP contribution in [0.1, 0.15) is 25.7 Å². The summed E-state index contributed by atoms with van der Waals surface area (Å²) in [7, 11) is -3.55. The molecule has 2 N–H and O–H groups in total. The second-order valence-electron chi connectivity index (χ2n) is 5.90. The summed E-state index contributed by atoms with van der Waals surface area (Å²) >= 11 is 0. The average molecular weight is 307 g/mol. The number of sulfonamides is 1. The van der Waals surface area contributed by atoms with Crippen LogP contribution in [0.3, 0.4) is 0 Å². The van der Waals surface area contributed by atoms with Crippen LogP contribution in [0.4, 0.5) is 0 Å². The quantitative estimate of drug-likeness (QED) is 0.874. The average Bonchev–Trinajstić information content (AvgIpc) is 2.99. The molecule has 2 aliphatic rings. The number of hydrogen-bond donors (Lipinski definition) is 2. The van der Waals surface area contributed by atoms with E-state index in [2.05, 4.69) is 9.97 Å². The van der Waals surface area contributed by atoms with Gasteiger partial charge in [-0.15, -0.1) is 0 Å². The van der Waals surface area contributed by atoms with Crippen LogP contribution in [0, 0.1) is 0 Å². The van der Waals surface area contributed by atoms with Crippen LogP contribution in [0.25, 0.3) is 11.0 Å². The largest absolute Gasteiger partial charge is 0.393 e. The molecule has 2 atom stereocenters. The third-order valence-corrected chi connectivity index (χ3v) is 6.65. The number of hydrogen-bond acceptors (Lipinski definition) is 4. The second kappa shape index (κ2) is 4.53. The molecule has 2 saturated heterocycles. The highest BCUT2D eigenvalue weighted by molar-refractivity contribution is 7.89. The van der Waals surface area contributed by atoms with Gasteiger partial charge in [0.05, 0.1) is 6.10 Å². The molecule has 0 aromatic carbocycles. The second-order valence-corrected chi connectivity index (χ2v) is 7.71. The fourth-order valence-electron chi connectivity index (χ4n) is 3.76. The summed E-state index contributed by atoms with van der Waals surface area (Å²) in [5.41, 5.74) is 0.584. The Morgan fingerprint density at radius 2 is 2.00 bits per heavy atom. The molecular weight excluding hydrogens is 290 g/mol. The van der Waals surface area contributed by atoms with Crippen molar-refractivity contribution in [1.29, 1.82) is 0 Å². The number of aliphatic hydroxyl groups excluding tert-OH is 1. The molecule has 112 valence electrons. The number of nitrogens with one attached hydrogen (secondary N) is 1. The van der Waals surface area contributed by atoms with Gasteiger partial charge < -0.3 is 10.1 Å². The summed E-state index contributed by atoms with van der Waals surface area (Å²) in [6.45, 7) is 0. The van der Waals surface area contributed by atoms with E-state index >= 15 is 0 Å². The van der Waals surface area contributed by atoms with Gasteiger partial charge in [-0.05, 0) is 37.8 Å². The van der Waals surface area contributed by atoms with Gasteiger partial charge in [0.2, 0.25) is 10.0 Å². The van der Waals surface area contributed by atoms with Gasteiger partial charge >= 0.3 is 0 Å². The van der Waals surface area contributed by atoms with E-state index in [1.165, 1.54) is 6.20 Å². The molecule has 4 rings (SSSR count). The minimum atomic E-state index is -3.55. The maximum Gasteiger partial charge on any atom is 0.245 e. The van der Waals surface area contributed by atoms with Crippen molar-refractivity contribution in [2.24, 2.45) is 0 Å². The Bertz CT molecular complexity index is 772. The first-order valence-corrected chi connectivity index (χ1v) is 8.65. The minimum absolute atomic E-state index is 0.0784. The Morgan fingerprint density at radius 1 is 1.29 bits per heavy atom. The van der Waals surface area contributed by atoms with Crippen molar-refractivity contribution in [3.05, 3.63) is 24.5 Å². The molecule has 2 fully saturated rings. The zero-order valence-corrected chi connectivity index (χ0v) is 12.3. The zero-order valence-electron chi connectivity index (χ0n) is 11.4. The summed E-state index contributed by atoms with van der Waals surface area (Å²) < 4.78 is 27.7. The van der Waals surface area contributed by atoms with Crippen LogP contribution in [-0.4, -0.2) is 46.0 Å². The third-order valence-electron chi connectivity index (χ3n) is 4.61. The van der Waals surface area contributed by atoms with Crippen LogP contribution in [-0.2, 0) is 10.0 Å². The lowest BCUT2D eigenvalue weighted by Gasteiger charge is -2.35. The van der Waals surface area contributed by atoms with Gasteiger partial charge in [0, 0.05) is 29.9 Å². The van der Waals surface area contributed by atoms with Crippen molar-refractivity contribution >= 4 is 21.1 Å². The van der Waals surface area contributed by atoms with Gasteiger partial charge in [0.25, 0.3) is 0 Å². The van der Waals surface area contributed by atoms with Crippen molar-refractivity contribution < 1.29 is 13.5 Å². The van der Waals surface area contributed by atoms with Crippen LogP contribution in [0.15, 0.2) is 29.4 Å². The van der Waals surface area contributed by atoms with Gasteiger partial charge in [0.1, 0.15) is 10.5 Å². The van der Waals surface area contributed by atoms with E-state index in [0.29, 0.717) is 28.8 Å². The van der Waals surface area contributed by atoms with Crippen molar-refractivity contribution in [3.63, 3.8) is 0 Å². The molecule has 2 aliphatic heterocycles. The van der Waals surface area contributed by atoms with Gasteiger partial charge in [-0.3, -0.25) is 0 Å². The lowest BCUT2D eigenvalue weighted by Crippen LogP contribution is -2.47. The van der Waals surface area contributed by atoms with Gasteiger partial charge in [0.15, 0.2) is 0 Å². The standard InChI is InChI=1S/C14H17N3O3S/c18-11-6-9-3-4-10(7-11)17(9)21(19,20)13-8-16-14-12(13)2-1-5-15-14/h1-2,5,8-11,18H,3-4,6-7H2,(H,15,16). The summed E-state index contributed by atoms with van der Waals surface area (Å²) in [6, 6.07) is 3.35. The molecule has 2 unspecified atom stereocenters. The Kier molecular flexibility index (Phi) is 2.85. The topological polar surface area (TPSA) is 86.3 Å². The normalized spacial score (nSPS) is 30.0. The van der Waals surface area contributed by atoms with Crippen LogP contribution in [0.2, 0.25) is 0 Å². The molecule has 6 nitrogen and oxygen atoms in total. The zero-order chi connectivity index (χ0) is 14.6. The molecule has 0 saturated carbocycles. The molecule has 2 aromatic rings. The minimum Gasteiger partial charge on any atom is -0.393 e. The number of pyridine rings is 1. The lowest BCUT2D eigenvalue weighted by atomic mass is 10.0. The van der Waals surface area contributed by atoms with E-state index in [1.54, 1.807) is 22.6 Å². The molecule has 0 radical (unpaired) electrons. The number of H-pyrrole nitrogens is 1. The highest BCUT2D eigenvalue weighted by atomic mass is 32.2. The molecule has 7 heteroatoms. The number of nitrogens with zero attached hydrogens (tertiary/aromatic N) is 2. The molecule has 0 spiro atoms. The van der Waals surface area contributed by atoms with Crippen molar-refractivity contribution in [2.75, 3.05) is 0 Å². The smallest absolute Gasteiger partial charge is 0.245 e. The van der Waals surface area contributed by atoms with Crippen LogP contribution < -0.4 is 0 Å². The van der Waals surface area contributed by atoms with Gasteiger partial charge in [-0.2, -0.15) is 4.31 Å². The Morgan fingerprint density at radius 3 is 2.71 bits per heavy atom. The van der Waals surface area contributed by atoms with E-state index in [1.807, 2.05) is 0 Å². The summed E-state index contributed by atoms with van der Waals surface area (Å²) in [5.74, 6) is 0. The molecule has 0 amide bonds. The number of fused-ring (bicyclic) bond motifs is 3. The monoisotopic (exact) mass is 307 g/mol. The highest BCUT2D eigenvalue weighted by Crippen LogP contribution is 2.40. The van der Waals surface area contributed by atoms with Crippen LogP contribution >= 0.6 is 0 Å². The number of aliphatic hydroxyl groups is 1. The number of piperidine rings is 1. The van der Waals surface area contributed by atoms with Crippen molar-refractivity contribution in [3.8, 4) is 0 Å². The maximum atomic E-state index is 13.0. The summed E-state index contributed by atoms with van der Waals surface area (Å²) in [4.78, 5) is 7.36. The van der Waals surface area contributed by atoms with Crippen molar-refractivity contribution in [2.45, 2.75) is 48.8 Å². The van der Waals surface area contributed by atoms with Crippen LogP contribution in [0.5, 0.6) is 0 Å². The highest BCUT2D eigenvalue weighted by Gasteiger charge is 2.47. The molecule has 0 aliphatic carbocycles. The van der Waals surface area contributed by atoms with Gasteiger partial charge in [-0.25, -0.2) is 13.4 Å². The number of rotatable bonds is 2. The predicted octanol–water partition coefficient (Wildman–Crippen LogP) is 1.24. The van der Waals surface area contributed by atoms with Crippen molar-refractivity contribution in [1.82, 2.24) is 14.3 Å².